The van der Waals surface area contributed by atoms with E-state index in [0.29, 0.717) is 0 Å². The Morgan fingerprint density at radius 1 is 0.840 bits per heavy atom. The van der Waals surface area contributed by atoms with E-state index >= 15 is 0 Å². The molecule has 0 rings (SSSR count). The molecule has 0 fully saturated rings. The van der Waals surface area contributed by atoms with Crippen molar-refractivity contribution in [1.29, 1.82) is 0 Å². The van der Waals surface area contributed by atoms with Crippen molar-refractivity contribution in [2.45, 2.75) is 104 Å². The van der Waals surface area contributed by atoms with Crippen LogP contribution in [-0.4, -0.2) is 40.4 Å². The molecule has 0 amide bonds. The monoisotopic (exact) mass is 435 g/mol. The number of carboxylic acids is 1. The Labute approximate surface area is 171 Å². The van der Waals surface area contributed by atoms with E-state index in [4.69, 9.17) is 14.2 Å². The molecule has 25 heavy (non-hydrogen) atoms. The zero-order valence-corrected chi connectivity index (χ0v) is 19.7. The Morgan fingerprint density at radius 2 is 1.20 bits per heavy atom. The molecule has 0 saturated carbocycles. The van der Waals surface area contributed by atoms with Crippen LogP contribution in [0.3, 0.4) is 0 Å². The summed E-state index contributed by atoms with van der Waals surface area (Å²) in [5.74, 6) is -2.39. The van der Waals surface area contributed by atoms with Crippen molar-refractivity contribution >= 4 is 11.8 Å². The maximum absolute atomic E-state index is 13.1. The van der Waals surface area contributed by atoms with Gasteiger partial charge in [0.1, 0.15) is 0 Å². The van der Waals surface area contributed by atoms with Gasteiger partial charge in [-0.25, -0.2) is 0 Å². The molecule has 0 aliphatic rings. The molecule has 0 N–H and O–H groups in total. The molecule has 1 radical (unpaired) electrons. The predicted molar refractivity (Wildman–Crippen MR) is 89.3 cm³/mol. The van der Waals surface area contributed by atoms with Crippen LogP contribution in [0.2, 0.25) is 0 Å². The van der Waals surface area contributed by atoms with Gasteiger partial charge in [0, 0.05) is 0 Å². The average Bonchev–Trinajstić information content (AvgIpc) is 2.29. The largest absolute Gasteiger partial charge is 1.00 e. The minimum Gasteiger partial charge on any atom is -0.546 e. The topological polar surface area (TPSA) is 84.9 Å². The molecular weight excluding hydrogens is 403 g/mol. The van der Waals surface area contributed by atoms with Gasteiger partial charge < -0.3 is 24.1 Å². The average molecular weight is 437 g/mol. The first-order valence-corrected chi connectivity index (χ1v) is 8.25. The van der Waals surface area contributed by atoms with Crippen LogP contribution in [0.4, 0.5) is 0 Å². The van der Waals surface area contributed by atoms with Gasteiger partial charge in [-0.2, -0.15) is 0 Å². The smallest absolute Gasteiger partial charge is 0.546 e. The number of ether oxygens (including phenoxy) is 3. The third-order valence-electron chi connectivity index (χ3n) is 2.84. The Kier molecular flexibility index (Phi) is 9.99. The van der Waals surface area contributed by atoms with E-state index < -0.39 is 40.4 Å². The second-order valence-electron chi connectivity index (χ2n) is 8.84. The Balaban J connectivity index is 0. The van der Waals surface area contributed by atoms with Crippen molar-refractivity contribution < 1.29 is 55.1 Å². The molecule has 1 unspecified atom stereocenters. The molecule has 0 aromatic rings. The quantitative estimate of drug-likeness (QED) is 0.449. The van der Waals surface area contributed by atoms with Crippen LogP contribution in [0.25, 0.3) is 0 Å². The molecule has 0 heterocycles. The summed E-state index contributed by atoms with van der Waals surface area (Å²) < 4.78 is 17.0. The summed E-state index contributed by atoms with van der Waals surface area (Å²) in [5.41, 5.74) is -4.42. The summed E-state index contributed by atoms with van der Waals surface area (Å²) in [4.78, 5) is 24.9. The fourth-order valence-corrected chi connectivity index (χ4v) is 2.07. The maximum Gasteiger partial charge on any atom is 1.00 e. The van der Waals surface area contributed by atoms with Crippen molar-refractivity contribution in [3.8, 4) is 0 Å². The molecule has 0 spiro atoms. The van der Waals surface area contributed by atoms with Gasteiger partial charge in [-0.05, 0) is 68.7 Å². The van der Waals surface area contributed by atoms with E-state index in [-0.39, 0.29) is 32.6 Å². The van der Waals surface area contributed by atoms with E-state index in [1.807, 2.05) is 0 Å². The fourth-order valence-electron chi connectivity index (χ4n) is 2.07. The van der Waals surface area contributed by atoms with Crippen molar-refractivity contribution in [3.63, 3.8) is 0 Å². The van der Waals surface area contributed by atoms with Gasteiger partial charge >= 0.3 is 26.2 Å². The summed E-state index contributed by atoms with van der Waals surface area (Å²) in [7, 11) is 0. The summed E-state index contributed by atoms with van der Waals surface area (Å²) in [6.07, 6.45) is -1.48. The first-order chi connectivity index (χ1) is 10.4. The minimum atomic E-state index is -2.14. The van der Waals surface area contributed by atoms with Gasteiger partial charge in [0.05, 0.1) is 22.8 Å². The van der Waals surface area contributed by atoms with Gasteiger partial charge in [0.25, 0.3) is 0 Å². The van der Waals surface area contributed by atoms with Gasteiger partial charge in [0.2, 0.25) is 12.1 Å². The van der Waals surface area contributed by atoms with E-state index in [1.54, 1.807) is 69.2 Å². The van der Waals surface area contributed by atoms with Gasteiger partial charge in [-0.1, -0.05) is 6.92 Å². The Hall–Kier alpha value is -0.0969. The summed E-state index contributed by atoms with van der Waals surface area (Å²) in [6.45, 7) is 17.2. The molecule has 1 atom stereocenters. The maximum atomic E-state index is 13.1. The van der Waals surface area contributed by atoms with Crippen LogP contribution < -0.4 is 5.11 Å². The Morgan fingerprint density at radius 3 is 1.40 bits per heavy atom. The first kappa shape index (κ1) is 27.1. The molecule has 0 aliphatic heterocycles. The SMILES string of the molecule is CCC(OC(C)(C)C)(C(=O)[O-])C(=O)C(OC(C)(C)C)OC(C)(C)C.[Zr+]. The second-order valence-corrected chi connectivity index (χ2v) is 8.84. The van der Waals surface area contributed by atoms with Crippen molar-refractivity contribution in [2.24, 2.45) is 0 Å². The molecule has 145 valence electrons. The van der Waals surface area contributed by atoms with Crippen LogP contribution in [0, 0.1) is 0 Å². The number of aliphatic carboxylic acids is 1. The van der Waals surface area contributed by atoms with Crippen molar-refractivity contribution in [1.82, 2.24) is 0 Å². The molecule has 0 saturated heterocycles. The molecule has 7 heteroatoms. The summed E-state index contributed by atoms with van der Waals surface area (Å²) in [6, 6.07) is 0. The third-order valence-corrected chi connectivity index (χ3v) is 2.84. The van der Waals surface area contributed by atoms with E-state index in [1.165, 1.54) is 0 Å². The molecule has 0 bridgehead atoms. The number of rotatable bonds is 7. The number of carbonyl (C=O) groups is 2. The molecular formula is C18H33O6Zr. The predicted octanol–water partition coefficient (Wildman–Crippen LogP) is 2.22. The molecule has 0 aromatic heterocycles. The number of carboxylic acid groups (broad SMARTS) is 1. The van der Waals surface area contributed by atoms with Crippen molar-refractivity contribution in [2.75, 3.05) is 0 Å². The number of ketones is 1. The first-order valence-electron chi connectivity index (χ1n) is 8.25. The summed E-state index contributed by atoms with van der Waals surface area (Å²) in [5, 5.41) is 11.8. The van der Waals surface area contributed by atoms with Gasteiger partial charge in [-0.15, -0.1) is 0 Å². The second kappa shape index (κ2) is 9.21. The Bertz CT molecular complexity index is 440. The number of hydrogen-bond acceptors (Lipinski definition) is 6. The standard InChI is InChI=1S/C18H34O6.Zr/c1-11-18(14(20)21,24-17(8,9)10)12(19)13(22-15(2,3)4)23-16(5,6)7;/h13H,11H2,1-10H3,(H,20,21);/q;+1/p-1. The van der Waals surface area contributed by atoms with Gasteiger partial charge in [0.15, 0.2) is 5.60 Å². The van der Waals surface area contributed by atoms with Crippen LogP contribution in [0.15, 0.2) is 0 Å². The normalized spacial score (nSPS) is 15.5. The van der Waals surface area contributed by atoms with E-state index in [2.05, 4.69) is 0 Å². The number of hydrogen-bond donors (Lipinski definition) is 0. The third kappa shape index (κ3) is 9.41. The molecule has 0 aliphatic carbocycles. The molecule has 0 aromatic carbocycles. The number of carbonyl (C=O) groups excluding carboxylic acids is 2. The summed E-state index contributed by atoms with van der Waals surface area (Å²) >= 11 is 0. The van der Waals surface area contributed by atoms with E-state index in [0.717, 1.165) is 0 Å². The van der Waals surface area contributed by atoms with Crippen LogP contribution in [-0.2, 0) is 50.0 Å². The zero-order chi connectivity index (χ0) is 19.6. The van der Waals surface area contributed by atoms with Crippen LogP contribution in [0.1, 0.15) is 75.7 Å². The zero-order valence-electron chi connectivity index (χ0n) is 17.2. The molecule has 6 nitrogen and oxygen atoms in total. The van der Waals surface area contributed by atoms with Crippen LogP contribution in [0.5, 0.6) is 0 Å². The fraction of sp³-hybridized carbons (Fsp3) is 0.889. The van der Waals surface area contributed by atoms with Crippen LogP contribution >= 0.6 is 0 Å². The van der Waals surface area contributed by atoms with E-state index in [9.17, 15) is 14.7 Å². The van der Waals surface area contributed by atoms with Gasteiger partial charge in [-0.3, -0.25) is 4.79 Å². The van der Waals surface area contributed by atoms with Crippen molar-refractivity contribution in [3.05, 3.63) is 0 Å². The number of Topliss-reactive ketones (excluding diaryl/α,β-unsaturated/α-hetero) is 1. The minimum absolute atomic E-state index is 0.